The zero-order chi connectivity index (χ0) is 16.4. The highest BCUT2D eigenvalue weighted by Gasteiger charge is 2.19. The number of nitrogens with two attached hydrogens (primary N) is 1. The predicted molar refractivity (Wildman–Crippen MR) is 86.1 cm³/mol. The first-order valence-electron chi connectivity index (χ1n) is 5.96. The average molecular weight is 397 g/mol. The van der Waals surface area contributed by atoms with E-state index in [0.29, 0.717) is 15.8 Å². The number of amides is 1. The lowest BCUT2D eigenvalue weighted by molar-refractivity contribution is 0.0943. The van der Waals surface area contributed by atoms with Gasteiger partial charge in [-0.1, -0.05) is 15.9 Å². The first kappa shape index (κ1) is 18.3. The van der Waals surface area contributed by atoms with E-state index in [4.69, 9.17) is 5.14 Å². The summed E-state index contributed by atoms with van der Waals surface area (Å²) in [7, 11) is -4.94. The van der Waals surface area contributed by atoms with E-state index in [1.807, 2.05) is 0 Å². The van der Waals surface area contributed by atoms with E-state index in [1.165, 1.54) is 12.1 Å². The standard InChI is InChI=1S/C12H17BrN2O4S2/c1-7(6-20(3)17)15-12(16)10-4-9(21(14,18)19)5-11(13)8(10)2/h4-5,7H,6H2,1-3H3,(H,15,16)(H2,14,18,19). The van der Waals surface area contributed by atoms with Crippen molar-refractivity contribution in [1.82, 2.24) is 5.32 Å². The highest BCUT2D eigenvalue weighted by Crippen LogP contribution is 2.24. The van der Waals surface area contributed by atoms with Crippen molar-refractivity contribution in [3.8, 4) is 0 Å². The van der Waals surface area contributed by atoms with Crippen molar-refractivity contribution < 1.29 is 17.4 Å². The molecular weight excluding hydrogens is 380 g/mol. The molecule has 1 aromatic rings. The Balaban J connectivity index is 3.15. The Morgan fingerprint density at radius 2 is 2.05 bits per heavy atom. The van der Waals surface area contributed by atoms with E-state index in [1.54, 1.807) is 20.1 Å². The Morgan fingerprint density at radius 1 is 1.48 bits per heavy atom. The topological polar surface area (TPSA) is 106 Å². The van der Waals surface area contributed by atoms with Gasteiger partial charge in [0.15, 0.2) is 0 Å². The van der Waals surface area contributed by atoms with E-state index in [9.17, 15) is 17.4 Å². The molecule has 0 spiro atoms. The van der Waals surface area contributed by atoms with E-state index in [2.05, 4.69) is 21.2 Å². The molecule has 0 heterocycles. The second-order valence-electron chi connectivity index (χ2n) is 4.74. The maximum absolute atomic E-state index is 12.2. The number of sulfonamides is 1. The Bertz CT molecular complexity index is 689. The number of halogens is 1. The number of nitrogens with one attached hydrogen (secondary N) is 1. The molecule has 2 unspecified atom stereocenters. The fraction of sp³-hybridized carbons (Fsp3) is 0.417. The lowest BCUT2D eigenvalue weighted by Crippen LogP contribution is -2.36. The first-order chi connectivity index (χ1) is 9.52. The van der Waals surface area contributed by atoms with Crippen LogP contribution in [0.5, 0.6) is 0 Å². The van der Waals surface area contributed by atoms with Gasteiger partial charge in [0, 0.05) is 38.9 Å². The molecule has 0 fully saturated rings. The summed E-state index contributed by atoms with van der Waals surface area (Å²) in [5, 5.41) is 7.78. The average Bonchev–Trinajstić information content (AvgIpc) is 2.29. The van der Waals surface area contributed by atoms with E-state index < -0.39 is 26.7 Å². The molecule has 0 aliphatic heterocycles. The van der Waals surface area contributed by atoms with Crippen molar-refractivity contribution in [3.63, 3.8) is 0 Å². The highest BCUT2D eigenvalue weighted by atomic mass is 79.9. The van der Waals surface area contributed by atoms with Crippen molar-refractivity contribution in [2.45, 2.75) is 24.8 Å². The largest absolute Gasteiger partial charge is 0.349 e. The van der Waals surface area contributed by atoms with E-state index in [0.717, 1.165) is 0 Å². The number of carbonyl (C=O) groups is 1. The third-order valence-electron chi connectivity index (χ3n) is 2.75. The van der Waals surface area contributed by atoms with Crippen molar-refractivity contribution >= 4 is 42.7 Å². The van der Waals surface area contributed by atoms with Crippen LogP contribution in [0.3, 0.4) is 0 Å². The summed E-state index contributed by atoms with van der Waals surface area (Å²) in [6.45, 7) is 3.42. The van der Waals surface area contributed by atoms with Gasteiger partial charge in [-0.05, 0) is 31.5 Å². The van der Waals surface area contributed by atoms with Gasteiger partial charge < -0.3 is 5.32 Å². The van der Waals surface area contributed by atoms with Gasteiger partial charge in [0.1, 0.15) is 0 Å². The molecule has 0 aliphatic rings. The molecule has 1 aromatic carbocycles. The number of hydrogen-bond donors (Lipinski definition) is 2. The fourth-order valence-electron chi connectivity index (χ4n) is 1.75. The maximum Gasteiger partial charge on any atom is 0.251 e. The summed E-state index contributed by atoms with van der Waals surface area (Å²) in [5.41, 5.74) is 0.812. The monoisotopic (exact) mass is 396 g/mol. The van der Waals surface area contributed by atoms with Crippen molar-refractivity contribution in [3.05, 3.63) is 27.7 Å². The van der Waals surface area contributed by atoms with E-state index in [-0.39, 0.29) is 16.5 Å². The number of carbonyl (C=O) groups excluding carboxylic acids is 1. The van der Waals surface area contributed by atoms with Crippen LogP contribution in [0, 0.1) is 6.92 Å². The molecule has 21 heavy (non-hydrogen) atoms. The summed E-state index contributed by atoms with van der Waals surface area (Å²) >= 11 is 3.22. The summed E-state index contributed by atoms with van der Waals surface area (Å²) in [6, 6.07) is 2.30. The van der Waals surface area contributed by atoms with Crippen LogP contribution < -0.4 is 10.5 Å². The lowest BCUT2D eigenvalue weighted by atomic mass is 10.1. The number of rotatable bonds is 5. The maximum atomic E-state index is 12.2. The molecule has 2 atom stereocenters. The van der Waals surface area contributed by atoms with Gasteiger partial charge in [-0.2, -0.15) is 0 Å². The Kier molecular flexibility index (Phi) is 6.09. The normalized spacial score (nSPS) is 14.5. The van der Waals surface area contributed by atoms with Gasteiger partial charge >= 0.3 is 0 Å². The molecule has 0 radical (unpaired) electrons. The van der Waals surface area contributed by atoms with Crippen LogP contribution in [0.4, 0.5) is 0 Å². The number of primary sulfonamides is 1. The van der Waals surface area contributed by atoms with Gasteiger partial charge in [-0.25, -0.2) is 13.6 Å². The zero-order valence-corrected chi connectivity index (χ0v) is 15.1. The van der Waals surface area contributed by atoms with Crippen molar-refractivity contribution in [2.24, 2.45) is 5.14 Å². The summed E-state index contributed by atoms with van der Waals surface area (Å²) in [4.78, 5) is 12.1. The van der Waals surface area contributed by atoms with Crippen molar-refractivity contribution in [1.29, 1.82) is 0 Å². The SMILES string of the molecule is Cc1c(Br)cc(S(N)(=O)=O)cc1C(=O)NC(C)CS(C)=O. The summed E-state index contributed by atoms with van der Waals surface area (Å²) in [6.07, 6.45) is 1.55. The van der Waals surface area contributed by atoms with Crippen LogP contribution in [0.25, 0.3) is 0 Å². The smallest absolute Gasteiger partial charge is 0.251 e. The molecule has 118 valence electrons. The van der Waals surface area contributed by atoms with Crippen LogP contribution in [0.1, 0.15) is 22.8 Å². The summed E-state index contributed by atoms with van der Waals surface area (Å²) < 4.78 is 34.5. The van der Waals surface area contributed by atoms with E-state index >= 15 is 0 Å². The van der Waals surface area contributed by atoms with Crippen molar-refractivity contribution in [2.75, 3.05) is 12.0 Å². The minimum Gasteiger partial charge on any atom is -0.349 e. The van der Waals surface area contributed by atoms with Crippen LogP contribution in [0.15, 0.2) is 21.5 Å². The third-order valence-corrected chi connectivity index (χ3v) is 5.44. The third kappa shape index (κ3) is 5.17. The molecule has 9 heteroatoms. The van der Waals surface area contributed by atoms with Crippen LogP contribution >= 0.6 is 15.9 Å². The van der Waals surface area contributed by atoms with Gasteiger partial charge in [0.25, 0.3) is 5.91 Å². The van der Waals surface area contributed by atoms with Crippen LogP contribution in [-0.2, 0) is 20.8 Å². The fourth-order valence-corrected chi connectivity index (χ4v) is 3.71. The van der Waals surface area contributed by atoms with Crippen LogP contribution in [0.2, 0.25) is 0 Å². The molecule has 0 aliphatic carbocycles. The molecule has 0 saturated heterocycles. The first-order valence-corrected chi connectivity index (χ1v) is 10.0. The Hall–Kier alpha value is -0.770. The summed E-state index contributed by atoms with van der Waals surface area (Å²) in [5.74, 6) is -0.113. The second-order valence-corrected chi connectivity index (χ2v) is 8.63. The molecule has 3 N–H and O–H groups in total. The van der Waals surface area contributed by atoms with Gasteiger partial charge in [-0.15, -0.1) is 0 Å². The molecule has 1 rings (SSSR count). The second kappa shape index (κ2) is 6.99. The zero-order valence-electron chi connectivity index (χ0n) is 11.8. The predicted octanol–water partition coefficient (Wildman–Crippen LogP) is 0.902. The Labute approximate surface area is 135 Å². The highest BCUT2D eigenvalue weighted by molar-refractivity contribution is 9.10. The lowest BCUT2D eigenvalue weighted by Gasteiger charge is -2.15. The Morgan fingerprint density at radius 3 is 2.52 bits per heavy atom. The minimum atomic E-state index is -3.90. The van der Waals surface area contributed by atoms with Gasteiger partial charge in [-0.3, -0.25) is 9.00 Å². The van der Waals surface area contributed by atoms with Gasteiger partial charge in [0.05, 0.1) is 4.90 Å². The molecule has 0 aromatic heterocycles. The molecule has 0 saturated carbocycles. The number of hydrogen-bond acceptors (Lipinski definition) is 4. The molecule has 0 bridgehead atoms. The minimum absolute atomic E-state index is 0.142. The molecular formula is C12H17BrN2O4S2. The molecule has 1 amide bonds. The van der Waals surface area contributed by atoms with Gasteiger partial charge in [0.2, 0.25) is 10.0 Å². The number of benzene rings is 1. The molecule has 6 nitrogen and oxygen atoms in total. The quantitative estimate of drug-likeness (QED) is 0.770. The van der Waals surface area contributed by atoms with Crippen LogP contribution in [-0.4, -0.2) is 36.6 Å².